The maximum absolute atomic E-state index is 12.6. The Morgan fingerprint density at radius 2 is 2.00 bits per heavy atom. The van der Waals surface area contributed by atoms with E-state index in [1.165, 1.54) is 0 Å². The molecule has 0 atom stereocenters. The normalized spacial score (nSPS) is 11.7. The number of carbonyl (C=O) groups is 1. The molecule has 4 N–H and O–H groups in total. The number of carbonyl (C=O) groups excluding carboxylic acids is 1. The maximum Gasteiger partial charge on any atom is 0.573 e. The fraction of sp³-hybridized carbons (Fsp3) is 0.333. The van der Waals surface area contributed by atoms with Crippen LogP contribution in [0.5, 0.6) is 5.75 Å². The first-order valence-corrected chi connectivity index (χ1v) is 4.73. The van der Waals surface area contributed by atoms with Crippen LogP contribution in [0.15, 0.2) is 6.07 Å². The zero-order valence-electron chi connectivity index (χ0n) is 9.17. The van der Waals surface area contributed by atoms with E-state index in [-0.39, 0.29) is 0 Å². The first-order chi connectivity index (χ1) is 8.65. The van der Waals surface area contributed by atoms with Gasteiger partial charge < -0.3 is 16.2 Å². The Balaban J connectivity index is 3.40. The van der Waals surface area contributed by atoms with Crippen LogP contribution in [0.25, 0.3) is 0 Å². The smallest absolute Gasteiger partial charge is 0.404 e. The molecule has 0 spiro atoms. The highest BCUT2D eigenvalue weighted by molar-refractivity contribution is 5.94. The molecule has 10 heteroatoms. The van der Waals surface area contributed by atoms with Crippen LogP contribution in [0.1, 0.15) is 28.2 Å². The number of hydrogen-bond acceptors (Lipinski definition) is 4. The van der Waals surface area contributed by atoms with Crippen molar-refractivity contribution in [1.82, 2.24) is 4.98 Å². The zero-order chi connectivity index (χ0) is 14.8. The van der Waals surface area contributed by atoms with E-state index in [1.807, 2.05) is 0 Å². The summed E-state index contributed by atoms with van der Waals surface area (Å²) < 4.78 is 65.0. The number of alkyl halides is 5. The van der Waals surface area contributed by atoms with Crippen LogP contribution in [0.4, 0.5) is 22.0 Å². The quantitative estimate of drug-likeness (QED) is 0.819. The lowest BCUT2D eigenvalue weighted by Gasteiger charge is -2.14. The van der Waals surface area contributed by atoms with Crippen molar-refractivity contribution in [3.8, 4) is 5.75 Å². The number of ether oxygens (including phenoxy) is 1. The molecule has 1 aromatic rings. The van der Waals surface area contributed by atoms with Crippen molar-refractivity contribution < 1.29 is 31.5 Å². The van der Waals surface area contributed by atoms with E-state index in [2.05, 4.69) is 9.72 Å². The second-order valence-corrected chi connectivity index (χ2v) is 3.28. The van der Waals surface area contributed by atoms with Gasteiger partial charge in [0, 0.05) is 6.54 Å². The van der Waals surface area contributed by atoms with Gasteiger partial charge >= 0.3 is 6.36 Å². The minimum atomic E-state index is -5.08. The summed E-state index contributed by atoms with van der Waals surface area (Å²) in [4.78, 5) is 14.1. The maximum atomic E-state index is 12.6. The Morgan fingerprint density at radius 1 is 1.42 bits per heavy atom. The molecule has 0 aliphatic rings. The highest BCUT2D eigenvalue weighted by atomic mass is 19.4. The van der Waals surface area contributed by atoms with Gasteiger partial charge in [-0.1, -0.05) is 0 Å². The number of rotatable bonds is 4. The van der Waals surface area contributed by atoms with E-state index in [4.69, 9.17) is 11.5 Å². The van der Waals surface area contributed by atoms with Gasteiger partial charge in [-0.2, -0.15) is 0 Å². The number of primary amides is 1. The van der Waals surface area contributed by atoms with Gasteiger partial charge in [-0.15, -0.1) is 13.2 Å². The van der Waals surface area contributed by atoms with Gasteiger partial charge in [0.2, 0.25) is 0 Å². The molecular formula is C9H8F5N3O2. The van der Waals surface area contributed by atoms with Crippen molar-refractivity contribution >= 4 is 5.91 Å². The fourth-order valence-electron chi connectivity index (χ4n) is 1.27. The highest BCUT2D eigenvalue weighted by Crippen LogP contribution is 2.30. The average Bonchev–Trinajstić information content (AvgIpc) is 2.25. The van der Waals surface area contributed by atoms with Crippen molar-refractivity contribution in [1.29, 1.82) is 0 Å². The van der Waals surface area contributed by atoms with Crippen LogP contribution in [-0.4, -0.2) is 17.3 Å². The standard InChI is InChI=1S/C9H8F5N3O2/c10-7(11)6-3(8(16)18)1-5(4(2-15)17-6)19-9(12,13)14/h1,7H,2,15H2,(H2,16,18). The molecule has 0 bridgehead atoms. The van der Waals surface area contributed by atoms with Crippen LogP contribution >= 0.6 is 0 Å². The summed E-state index contributed by atoms with van der Waals surface area (Å²) in [6.45, 7) is -0.579. The van der Waals surface area contributed by atoms with Crippen molar-refractivity contribution in [2.45, 2.75) is 19.3 Å². The zero-order valence-corrected chi connectivity index (χ0v) is 9.17. The first kappa shape index (κ1) is 15.1. The number of pyridine rings is 1. The third kappa shape index (κ3) is 3.74. The Hall–Kier alpha value is -1.97. The van der Waals surface area contributed by atoms with Crippen molar-refractivity contribution in [2.75, 3.05) is 0 Å². The molecule has 1 rings (SSSR count). The number of amides is 1. The summed E-state index contributed by atoms with van der Waals surface area (Å²) in [7, 11) is 0. The summed E-state index contributed by atoms with van der Waals surface area (Å²) in [5, 5.41) is 0. The molecule has 1 amide bonds. The summed E-state index contributed by atoms with van der Waals surface area (Å²) in [5.41, 5.74) is 7.44. The molecule has 106 valence electrons. The van der Waals surface area contributed by atoms with Crippen molar-refractivity contribution in [2.24, 2.45) is 11.5 Å². The molecule has 5 nitrogen and oxygen atoms in total. The van der Waals surface area contributed by atoms with Gasteiger partial charge in [-0.3, -0.25) is 4.79 Å². The topological polar surface area (TPSA) is 91.2 Å². The molecule has 1 heterocycles. The Kier molecular flexibility index (Phi) is 4.24. The highest BCUT2D eigenvalue weighted by Gasteiger charge is 2.33. The second-order valence-electron chi connectivity index (χ2n) is 3.28. The Morgan fingerprint density at radius 3 is 2.37 bits per heavy atom. The molecule has 0 aliphatic carbocycles. The summed E-state index contributed by atoms with van der Waals surface area (Å²) >= 11 is 0. The average molecular weight is 285 g/mol. The first-order valence-electron chi connectivity index (χ1n) is 4.73. The molecule has 0 unspecified atom stereocenters. The lowest BCUT2D eigenvalue weighted by Crippen LogP contribution is -2.22. The molecule has 0 aromatic carbocycles. The van der Waals surface area contributed by atoms with Gasteiger partial charge in [-0.25, -0.2) is 13.8 Å². The predicted molar refractivity (Wildman–Crippen MR) is 52.3 cm³/mol. The summed E-state index contributed by atoms with van der Waals surface area (Å²) in [6, 6.07) is 0.451. The number of nitrogens with zero attached hydrogens (tertiary/aromatic N) is 1. The van der Waals surface area contributed by atoms with Gasteiger partial charge in [-0.05, 0) is 6.07 Å². The second kappa shape index (κ2) is 5.34. The molecule has 0 radical (unpaired) electrons. The predicted octanol–water partition coefficient (Wildman–Crippen LogP) is 1.48. The Bertz CT molecular complexity index is 489. The fourth-order valence-corrected chi connectivity index (χ4v) is 1.27. The van der Waals surface area contributed by atoms with Crippen LogP contribution < -0.4 is 16.2 Å². The van der Waals surface area contributed by atoms with E-state index in [9.17, 15) is 26.7 Å². The van der Waals surface area contributed by atoms with Gasteiger partial charge in [0.05, 0.1) is 11.3 Å². The summed E-state index contributed by atoms with van der Waals surface area (Å²) in [6.07, 6.45) is -8.26. The third-order valence-corrected chi connectivity index (χ3v) is 1.98. The van der Waals surface area contributed by atoms with E-state index in [1.54, 1.807) is 0 Å². The lowest BCUT2D eigenvalue weighted by molar-refractivity contribution is -0.275. The number of aromatic nitrogens is 1. The molecule has 0 saturated heterocycles. The molecule has 19 heavy (non-hydrogen) atoms. The van der Waals surface area contributed by atoms with Crippen molar-refractivity contribution in [3.05, 3.63) is 23.0 Å². The van der Waals surface area contributed by atoms with E-state index in [0.717, 1.165) is 0 Å². The van der Waals surface area contributed by atoms with Crippen LogP contribution in [0.2, 0.25) is 0 Å². The molecule has 0 aliphatic heterocycles. The minimum absolute atomic E-state index is 0.451. The lowest BCUT2D eigenvalue weighted by atomic mass is 10.1. The van der Waals surface area contributed by atoms with Crippen LogP contribution in [0, 0.1) is 0 Å². The number of hydrogen-bond donors (Lipinski definition) is 2. The molecule has 0 fully saturated rings. The molecule has 1 aromatic heterocycles. The van der Waals surface area contributed by atoms with Gasteiger partial charge in [0.1, 0.15) is 5.69 Å². The largest absolute Gasteiger partial charge is 0.573 e. The molecule has 0 saturated carbocycles. The van der Waals surface area contributed by atoms with Gasteiger partial charge in [0.25, 0.3) is 12.3 Å². The number of nitrogens with two attached hydrogens (primary N) is 2. The summed E-state index contributed by atoms with van der Waals surface area (Å²) in [5.74, 6) is -2.29. The van der Waals surface area contributed by atoms with Gasteiger partial charge in [0.15, 0.2) is 5.75 Å². The van der Waals surface area contributed by atoms with E-state index in [0.29, 0.717) is 6.07 Å². The van der Waals surface area contributed by atoms with Crippen LogP contribution in [-0.2, 0) is 6.54 Å². The van der Waals surface area contributed by atoms with E-state index < -0.39 is 47.9 Å². The van der Waals surface area contributed by atoms with E-state index >= 15 is 0 Å². The minimum Gasteiger partial charge on any atom is -0.404 e. The SMILES string of the molecule is NCc1nc(C(F)F)c(C(N)=O)cc1OC(F)(F)F. The van der Waals surface area contributed by atoms with Crippen LogP contribution in [0.3, 0.4) is 0 Å². The third-order valence-electron chi connectivity index (χ3n) is 1.98. The number of halogens is 5. The molecular weight excluding hydrogens is 277 g/mol. The Labute approximate surface area is 103 Å². The van der Waals surface area contributed by atoms with Crippen molar-refractivity contribution in [3.63, 3.8) is 0 Å². The monoisotopic (exact) mass is 285 g/mol.